The predicted molar refractivity (Wildman–Crippen MR) is 69.2 cm³/mol. The minimum atomic E-state index is -0.884. The van der Waals surface area contributed by atoms with Gasteiger partial charge in [-0.3, -0.25) is 4.79 Å². The Morgan fingerprint density at radius 2 is 1.88 bits per heavy atom. The molecule has 1 atom stereocenters. The van der Waals surface area contributed by atoms with Crippen LogP contribution in [-0.4, -0.2) is 17.0 Å². The van der Waals surface area contributed by atoms with Crippen LogP contribution in [0.3, 0.4) is 0 Å². The fourth-order valence-corrected chi connectivity index (χ4v) is 2.02. The summed E-state index contributed by atoms with van der Waals surface area (Å²) in [5.74, 6) is -0.177. The zero-order valence-electron chi connectivity index (χ0n) is 9.89. The second-order valence-electron chi connectivity index (χ2n) is 4.20. The molecule has 0 aliphatic carbocycles. The van der Waals surface area contributed by atoms with Crippen LogP contribution in [0.2, 0.25) is 0 Å². The number of aliphatic hydroxyl groups is 1. The Bertz CT molecular complexity index is 526. The smallest absolute Gasteiger partial charge is 0.191 e. The van der Waals surface area contributed by atoms with E-state index >= 15 is 0 Å². The first-order chi connectivity index (χ1) is 8.24. The molecule has 0 amide bonds. The molecule has 0 aliphatic heterocycles. The first-order valence-corrected chi connectivity index (χ1v) is 5.94. The third kappa shape index (κ3) is 2.37. The highest BCUT2D eigenvalue weighted by atomic mass is 16.3. The summed E-state index contributed by atoms with van der Waals surface area (Å²) in [6, 6.07) is 13.3. The summed E-state index contributed by atoms with van der Waals surface area (Å²) in [5.41, 5.74) is 0.615. The average molecular weight is 228 g/mol. The number of benzene rings is 2. The minimum Gasteiger partial charge on any atom is -0.385 e. The van der Waals surface area contributed by atoms with Crippen molar-refractivity contribution in [1.29, 1.82) is 0 Å². The van der Waals surface area contributed by atoms with Gasteiger partial charge in [0.1, 0.15) is 6.10 Å². The van der Waals surface area contributed by atoms with Gasteiger partial charge in [-0.2, -0.15) is 0 Å². The summed E-state index contributed by atoms with van der Waals surface area (Å²) < 4.78 is 0. The van der Waals surface area contributed by atoms with Crippen LogP contribution in [0.1, 0.15) is 30.1 Å². The van der Waals surface area contributed by atoms with E-state index in [-0.39, 0.29) is 5.78 Å². The van der Waals surface area contributed by atoms with Gasteiger partial charge in [-0.25, -0.2) is 0 Å². The molecule has 2 heteroatoms. The first kappa shape index (κ1) is 11.8. The maximum Gasteiger partial charge on any atom is 0.191 e. The fraction of sp³-hybridized carbons (Fsp3) is 0.267. The van der Waals surface area contributed by atoms with E-state index in [0.717, 1.165) is 17.2 Å². The number of fused-ring (bicyclic) bond motifs is 1. The Balaban J connectivity index is 2.45. The van der Waals surface area contributed by atoms with Crippen LogP contribution in [0.4, 0.5) is 0 Å². The van der Waals surface area contributed by atoms with Crippen LogP contribution in [0, 0.1) is 0 Å². The van der Waals surface area contributed by atoms with Crippen LogP contribution in [0.25, 0.3) is 10.8 Å². The summed E-state index contributed by atoms with van der Waals surface area (Å²) in [7, 11) is 0. The molecular weight excluding hydrogens is 212 g/mol. The van der Waals surface area contributed by atoms with Gasteiger partial charge in [0, 0.05) is 5.56 Å². The van der Waals surface area contributed by atoms with Crippen molar-refractivity contribution in [1.82, 2.24) is 0 Å². The number of hydrogen-bond donors (Lipinski definition) is 1. The lowest BCUT2D eigenvalue weighted by molar-refractivity contribution is 0.0731. The summed E-state index contributed by atoms with van der Waals surface area (Å²) >= 11 is 0. The standard InChI is InChI=1S/C15H16O2/c1-2-6-14(16)15(17)13-10-5-8-11-7-3-4-9-12(11)13/h3-5,7-10,14,16H,2,6H2,1H3. The SMILES string of the molecule is CCCC(O)C(=O)c1cccc2ccccc12. The Morgan fingerprint density at radius 1 is 1.18 bits per heavy atom. The molecule has 17 heavy (non-hydrogen) atoms. The van der Waals surface area contributed by atoms with Gasteiger partial charge in [0.25, 0.3) is 0 Å². The second kappa shape index (κ2) is 5.11. The van der Waals surface area contributed by atoms with E-state index in [9.17, 15) is 9.90 Å². The number of carbonyl (C=O) groups excluding carboxylic acids is 1. The minimum absolute atomic E-state index is 0.177. The van der Waals surface area contributed by atoms with Crippen LogP contribution in [-0.2, 0) is 0 Å². The maximum absolute atomic E-state index is 12.1. The molecule has 88 valence electrons. The van der Waals surface area contributed by atoms with Crippen molar-refractivity contribution >= 4 is 16.6 Å². The van der Waals surface area contributed by atoms with Crippen LogP contribution in [0.15, 0.2) is 42.5 Å². The van der Waals surface area contributed by atoms with Gasteiger partial charge < -0.3 is 5.11 Å². The first-order valence-electron chi connectivity index (χ1n) is 5.94. The zero-order valence-corrected chi connectivity index (χ0v) is 9.89. The summed E-state index contributed by atoms with van der Waals surface area (Å²) in [5, 5.41) is 11.7. The second-order valence-corrected chi connectivity index (χ2v) is 4.20. The monoisotopic (exact) mass is 228 g/mol. The summed E-state index contributed by atoms with van der Waals surface area (Å²) in [6.07, 6.45) is 0.436. The molecule has 2 nitrogen and oxygen atoms in total. The number of carbonyl (C=O) groups is 1. The molecule has 0 radical (unpaired) electrons. The molecular formula is C15H16O2. The zero-order chi connectivity index (χ0) is 12.3. The summed E-state index contributed by atoms with van der Waals surface area (Å²) in [6.45, 7) is 1.96. The Hall–Kier alpha value is -1.67. The average Bonchev–Trinajstić information content (AvgIpc) is 2.37. The van der Waals surface area contributed by atoms with Crippen molar-refractivity contribution in [2.45, 2.75) is 25.9 Å². The molecule has 2 rings (SSSR count). The van der Waals surface area contributed by atoms with Crippen LogP contribution in [0.5, 0.6) is 0 Å². The van der Waals surface area contributed by atoms with Gasteiger partial charge in [-0.05, 0) is 17.2 Å². The van der Waals surface area contributed by atoms with E-state index in [1.165, 1.54) is 0 Å². The fourth-order valence-electron chi connectivity index (χ4n) is 2.02. The van der Waals surface area contributed by atoms with Gasteiger partial charge in [0.2, 0.25) is 0 Å². The lowest BCUT2D eigenvalue weighted by atomic mass is 9.97. The van der Waals surface area contributed by atoms with Crippen molar-refractivity contribution in [3.8, 4) is 0 Å². The molecule has 2 aromatic rings. The Morgan fingerprint density at radius 3 is 2.65 bits per heavy atom. The molecule has 0 spiro atoms. The normalized spacial score (nSPS) is 12.6. The highest BCUT2D eigenvalue weighted by Crippen LogP contribution is 2.20. The van der Waals surface area contributed by atoms with E-state index in [4.69, 9.17) is 0 Å². The molecule has 0 saturated heterocycles. The van der Waals surface area contributed by atoms with Crippen molar-refractivity contribution < 1.29 is 9.90 Å². The number of ketones is 1. The van der Waals surface area contributed by atoms with E-state index < -0.39 is 6.10 Å². The van der Waals surface area contributed by atoms with Crippen molar-refractivity contribution in [2.75, 3.05) is 0 Å². The van der Waals surface area contributed by atoms with Gasteiger partial charge >= 0.3 is 0 Å². The largest absolute Gasteiger partial charge is 0.385 e. The maximum atomic E-state index is 12.1. The third-order valence-corrected chi connectivity index (χ3v) is 2.92. The summed E-state index contributed by atoms with van der Waals surface area (Å²) in [4.78, 5) is 12.1. The van der Waals surface area contributed by atoms with Crippen LogP contribution < -0.4 is 0 Å². The molecule has 0 bridgehead atoms. The highest BCUT2D eigenvalue weighted by molar-refractivity contribution is 6.09. The van der Waals surface area contributed by atoms with Crippen molar-refractivity contribution in [3.05, 3.63) is 48.0 Å². The van der Waals surface area contributed by atoms with E-state index in [0.29, 0.717) is 12.0 Å². The molecule has 2 aromatic carbocycles. The van der Waals surface area contributed by atoms with E-state index in [1.54, 1.807) is 6.07 Å². The molecule has 1 N–H and O–H groups in total. The molecule has 0 heterocycles. The molecule has 0 aliphatic rings. The van der Waals surface area contributed by atoms with Gasteiger partial charge in [-0.1, -0.05) is 55.8 Å². The lowest BCUT2D eigenvalue weighted by Gasteiger charge is -2.10. The quantitative estimate of drug-likeness (QED) is 0.816. The lowest BCUT2D eigenvalue weighted by Crippen LogP contribution is -2.20. The van der Waals surface area contributed by atoms with Gasteiger partial charge in [0.15, 0.2) is 5.78 Å². The van der Waals surface area contributed by atoms with E-state index in [2.05, 4.69) is 0 Å². The Kier molecular flexibility index (Phi) is 3.55. The van der Waals surface area contributed by atoms with E-state index in [1.807, 2.05) is 43.3 Å². The molecule has 0 saturated carbocycles. The van der Waals surface area contributed by atoms with Gasteiger partial charge in [-0.15, -0.1) is 0 Å². The van der Waals surface area contributed by atoms with Crippen molar-refractivity contribution in [2.24, 2.45) is 0 Å². The van der Waals surface area contributed by atoms with Gasteiger partial charge in [0.05, 0.1) is 0 Å². The molecule has 0 fully saturated rings. The number of rotatable bonds is 4. The number of Topliss-reactive ketones (excluding diaryl/α,β-unsaturated/α-hetero) is 1. The number of aliphatic hydroxyl groups excluding tert-OH is 1. The predicted octanol–water partition coefficient (Wildman–Crippen LogP) is 3.18. The van der Waals surface area contributed by atoms with Crippen LogP contribution >= 0.6 is 0 Å². The van der Waals surface area contributed by atoms with Crippen molar-refractivity contribution in [3.63, 3.8) is 0 Å². The Labute approximate surface area is 101 Å². The highest BCUT2D eigenvalue weighted by Gasteiger charge is 2.17. The molecule has 1 unspecified atom stereocenters. The topological polar surface area (TPSA) is 37.3 Å². The third-order valence-electron chi connectivity index (χ3n) is 2.92. The molecule has 0 aromatic heterocycles. The number of hydrogen-bond acceptors (Lipinski definition) is 2.